The quantitative estimate of drug-likeness (QED) is 0.458. The number of alkyl halides is 9. The van der Waals surface area contributed by atoms with Crippen LogP contribution in [0.5, 0.6) is 0 Å². The van der Waals surface area contributed by atoms with Gasteiger partial charge >= 0.3 is 140 Å². The summed E-state index contributed by atoms with van der Waals surface area (Å²) in [6.07, 6.45) is -16.0. The molecule has 0 heterocycles. The van der Waals surface area contributed by atoms with Crippen LogP contribution in [-0.4, -0.2) is 24.3 Å². The Hall–Kier alpha value is -1.74. The van der Waals surface area contributed by atoms with E-state index in [0.29, 0.717) is 24.3 Å². The van der Waals surface area contributed by atoms with E-state index in [2.05, 4.69) is 6.13 Å². The Morgan fingerprint density at radius 1 is 0.720 bits per heavy atom. The first-order valence-electron chi connectivity index (χ1n) is 5.59. The zero-order valence-electron chi connectivity index (χ0n) is 11.2. The van der Waals surface area contributed by atoms with Crippen molar-refractivity contribution in [1.29, 1.82) is 0 Å². The van der Waals surface area contributed by atoms with Crippen molar-refractivity contribution in [2.45, 2.75) is 18.5 Å². The third kappa shape index (κ3) is 6.24. The van der Waals surface area contributed by atoms with Crippen LogP contribution in [0, 0.1) is 3.57 Å². The van der Waals surface area contributed by atoms with Gasteiger partial charge in [-0.15, -0.1) is 0 Å². The first-order chi connectivity index (χ1) is 11.1. The van der Waals surface area contributed by atoms with E-state index in [1.165, 1.54) is 0 Å². The second-order valence-corrected chi connectivity index (χ2v) is 7.31. The van der Waals surface area contributed by atoms with Crippen molar-refractivity contribution in [2.75, 3.05) is 0 Å². The van der Waals surface area contributed by atoms with Gasteiger partial charge in [0.1, 0.15) is 0 Å². The number of halogens is 10. The van der Waals surface area contributed by atoms with Gasteiger partial charge in [-0.25, -0.2) is 0 Å². The fraction of sp³-hybridized carbons (Fsp3) is 0.273. The third-order valence-electron chi connectivity index (χ3n) is 2.09. The van der Waals surface area contributed by atoms with Gasteiger partial charge in [-0.2, -0.15) is 0 Å². The summed E-state index contributed by atoms with van der Waals surface area (Å²) >= 11 is -4.70. The van der Waals surface area contributed by atoms with E-state index in [0.717, 1.165) is 0 Å². The number of carbonyl (C=O) groups is 2. The molecule has 0 spiro atoms. The minimum absolute atomic E-state index is 0.322. The van der Waals surface area contributed by atoms with E-state index in [1.54, 1.807) is 0 Å². The van der Waals surface area contributed by atoms with Crippen molar-refractivity contribution in [3.05, 3.63) is 33.4 Å². The zero-order chi connectivity index (χ0) is 19.6. The van der Waals surface area contributed by atoms with Crippen LogP contribution in [0.1, 0.15) is 5.56 Å². The molecule has 0 aliphatic rings. The third-order valence-corrected chi connectivity index (χ3v) is 5.43. The molecule has 0 N–H and O–H groups in total. The van der Waals surface area contributed by atoms with E-state index >= 15 is 0 Å². The summed E-state index contributed by atoms with van der Waals surface area (Å²) in [6.45, 7) is 0. The van der Waals surface area contributed by atoms with Crippen molar-refractivity contribution < 1.29 is 55.2 Å². The maximum atomic E-state index is 12.4. The molecule has 0 aliphatic carbocycles. The van der Waals surface area contributed by atoms with Crippen molar-refractivity contribution >= 4 is 32.6 Å². The predicted octanol–water partition coefficient (Wildman–Crippen LogP) is 4.42. The SMILES string of the molecule is O=C(OI(OC(=O)C(F)(F)F)c1ccc(C(F)(F)F)cc1)C(F)(F)F. The summed E-state index contributed by atoms with van der Waals surface area (Å²) in [5.74, 6) is -5.87. The standard InChI is InChI=1S/C11H4F9IO4/c12-9(13,14)5-1-3-6(4-2-5)21(24-7(22)10(15,16)17)25-8(23)11(18,19)20/h1-4H. The van der Waals surface area contributed by atoms with Gasteiger partial charge in [-0.05, 0) is 0 Å². The second-order valence-electron chi connectivity index (χ2n) is 3.95. The molecule has 0 atom stereocenters. The van der Waals surface area contributed by atoms with Gasteiger partial charge in [0.15, 0.2) is 0 Å². The van der Waals surface area contributed by atoms with Gasteiger partial charge in [0, 0.05) is 0 Å². The van der Waals surface area contributed by atoms with Gasteiger partial charge < -0.3 is 0 Å². The Labute approximate surface area is 140 Å². The molecule has 142 valence electrons. The van der Waals surface area contributed by atoms with E-state index in [1.807, 2.05) is 0 Å². The van der Waals surface area contributed by atoms with E-state index in [9.17, 15) is 49.1 Å². The summed E-state index contributed by atoms with van der Waals surface area (Å²) in [7, 11) is 0. The molecule has 0 saturated carbocycles. The number of carbonyl (C=O) groups excluding carboxylic acids is 2. The second kappa shape index (κ2) is 7.25. The number of hydrogen-bond donors (Lipinski definition) is 0. The Bertz CT molecular complexity index is 605. The zero-order valence-corrected chi connectivity index (χ0v) is 13.4. The minimum atomic E-state index is -5.60. The molecule has 1 aromatic rings. The molecule has 1 rings (SSSR count). The molecule has 1 aromatic carbocycles. The summed E-state index contributed by atoms with van der Waals surface area (Å²) in [6, 6.07) is 1.56. The van der Waals surface area contributed by atoms with Crippen LogP contribution in [0.3, 0.4) is 0 Å². The van der Waals surface area contributed by atoms with Gasteiger partial charge in [-0.3, -0.25) is 0 Å². The molecule has 25 heavy (non-hydrogen) atoms. The summed E-state index contributed by atoms with van der Waals surface area (Å²) in [5.41, 5.74) is -1.27. The van der Waals surface area contributed by atoms with Crippen molar-refractivity contribution in [3.63, 3.8) is 0 Å². The molecule has 0 fully saturated rings. The molecule has 14 heteroatoms. The summed E-state index contributed by atoms with van der Waals surface area (Å²) < 4.78 is 117. The number of rotatable bonds is 3. The summed E-state index contributed by atoms with van der Waals surface area (Å²) in [4.78, 5) is 21.5. The van der Waals surface area contributed by atoms with Crippen LogP contribution in [0.4, 0.5) is 39.5 Å². The average molecular weight is 498 g/mol. The normalized spacial score (nSPS) is 13.2. The Kier molecular flexibility index (Phi) is 6.18. The van der Waals surface area contributed by atoms with E-state index < -0.39 is 60.3 Å². The van der Waals surface area contributed by atoms with Crippen LogP contribution in [0.15, 0.2) is 24.3 Å². The average Bonchev–Trinajstić information content (AvgIpc) is 2.43. The van der Waals surface area contributed by atoms with Crippen LogP contribution in [-0.2, 0) is 21.9 Å². The van der Waals surface area contributed by atoms with Crippen LogP contribution >= 0.6 is 20.6 Å². The number of benzene rings is 1. The molecule has 0 radical (unpaired) electrons. The Morgan fingerprint density at radius 2 is 1.08 bits per heavy atom. The Morgan fingerprint density at radius 3 is 1.36 bits per heavy atom. The molecule has 0 saturated heterocycles. The molecular formula is C11H4F9IO4. The molecule has 0 bridgehead atoms. The van der Waals surface area contributed by atoms with Gasteiger partial charge in [0.05, 0.1) is 0 Å². The molecule has 0 aliphatic heterocycles. The fourth-order valence-corrected chi connectivity index (χ4v) is 3.83. The van der Waals surface area contributed by atoms with E-state index in [4.69, 9.17) is 0 Å². The van der Waals surface area contributed by atoms with Crippen LogP contribution in [0.2, 0.25) is 0 Å². The van der Waals surface area contributed by atoms with Crippen molar-refractivity contribution in [2.24, 2.45) is 0 Å². The first kappa shape index (κ1) is 21.3. The molecule has 0 unspecified atom stereocenters. The van der Waals surface area contributed by atoms with Gasteiger partial charge in [0.2, 0.25) is 0 Å². The van der Waals surface area contributed by atoms with Gasteiger partial charge in [-0.1, -0.05) is 0 Å². The molecule has 4 nitrogen and oxygen atoms in total. The van der Waals surface area contributed by atoms with Crippen LogP contribution < -0.4 is 0 Å². The number of hydrogen-bond acceptors (Lipinski definition) is 4. The van der Waals surface area contributed by atoms with Crippen molar-refractivity contribution in [1.82, 2.24) is 0 Å². The molecule has 0 amide bonds. The van der Waals surface area contributed by atoms with E-state index in [-0.39, 0.29) is 0 Å². The topological polar surface area (TPSA) is 52.6 Å². The first-order valence-corrected chi connectivity index (χ1v) is 8.43. The molecular weight excluding hydrogens is 494 g/mol. The van der Waals surface area contributed by atoms with Gasteiger partial charge in [0.25, 0.3) is 0 Å². The van der Waals surface area contributed by atoms with Crippen molar-refractivity contribution in [3.8, 4) is 0 Å². The maximum absolute atomic E-state index is 12.4. The molecule has 0 aromatic heterocycles. The fourth-order valence-electron chi connectivity index (χ4n) is 1.06. The summed E-state index contributed by atoms with van der Waals surface area (Å²) in [5, 5.41) is 0. The predicted molar refractivity (Wildman–Crippen MR) is 68.5 cm³/mol. The van der Waals surface area contributed by atoms with Crippen LogP contribution in [0.25, 0.3) is 0 Å². The Balaban J connectivity index is 3.13. The monoisotopic (exact) mass is 498 g/mol.